The van der Waals surface area contributed by atoms with Gasteiger partial charge in [0.25, 0.3) is 5.56 Å². The molecule has 1 aromatic carbocycles. The fourth-order valence-electron chi connectivity index (χ4n) is 2.12. The summed E-state index contributed by atoms with van der Waals surface area (Å²) >= 11 is 0. The lowest BCUT2D eigenvalue weighted by molar-refractivity contribution is 0.664. The molecule has 0 aliphatic carbocycles. The Morgan fingerprint density at radius 2 is 1.84 bits per heavy atom. The Hall–Kier alpha value is -1.87. The van der Waals surface area contributed by atoms with Crippen LogP contribution in [0.25, 0.3) is 11.3 Å². The summed E-state index contributed by atoms with van der Waals surface area (Å²) in [7, 11) is 1.83. The summed E-state index contributed by atoms with van der Waals surface area (Å²) in [6, 6.07) is 13.9. The van der Waals surface area contributed by atoms with Gasteiger partial charge in [-0.1, -0.05) is 43.3 Å². The van der Waals surface area contributed by atoms with Crippen molar-refractivity contribution in [1.29, 1.82) is 0 Å². The van der Waals surface area contributed by atoms with E-state index in [1.165, 1.54) is 0 Å². The van der Waals surface area contributed by atoms with Crippen LogP contribution in [0.1, 0.15) is 18.9 Å². The van der Waals surface area contributed by atoms with Crippen LogP contribution in [0, 0.1) is 0 Å². The summed E-state index contributed by atoms with van der Waals surface area (Å²) < 4.78 is 1.72. The zero-order valence-corrected chi connectivity index (χ0v) is 11.5. The molecule has 3 nitrogen and oxygen atoms in total. The van der Waals surface area contributed by atoms with E-state index in [9.17, 15) is 4.79 Å². The van der Waals surface area contributed by atoms with Crippen molar-refractivity contribution in [3.05, 3.63) is 58.4 Å². The number of nitrogens with zero attached hydrogens (tertiary/aromatic N) is 1. The molecule has 0 saturated carbocycles. The van der Waals surface area contributed by atoms with E-state index >= 15 is 0 Å². The molecule has 1 heterocycles. The molecule has 0 unspecified atom stereocenters. The van der Waals surface area contributed by atoms with E-state index < -0.39 is 0 Å². The average Bonchev–Trinajstić information content (AvgIpc) is 2.45. The maximum absolute atomic E-state index is 12.3. The third-order valence-electron chi connectivity index (χ3n) is 3.19. The maximum atomic E-state index is 12.3. The number of hydrogen-bond acceptors (Lipinski definition) is 2. The van der Waals surface area contributed by atoms with Crippen molar-refractivity contribution < 1.29 is 0 Å². The number of pyridine rings is 1. The summed E-state index contributed by atoms with van der Waals surface area (Å²) in [5.74, 6) is 0. The standard InChI is InChI=1S/C16H20N2O/c1-3-11-17-12-14-9-10-15(18(2)16(14)19)13-7-5-4-6-8-13/h4-10,17H,3,11-12H2,1-2H3. The molecule has 2 aromatic rings. The van der Waals surface area contributed by atoms with Gasteiger partial charge in [0.05, 0.1) is 5.69 Å². The van der Waals surface area contributed by atoms with E-state index in [-0.39, 0.29) is 5.56 Å². The number of hydrogen-bond donors (Lipinski definition) is 1. The van der Waals surface area contributed by atoms with E-state index in [4.69, 9.17) is 0 Å². The molecule has 0 aliphatic rings. The molecule has 0 aliphatic heterocycles. The zero-order valence-electron chi connectivity index (χ0n) is 11.5. The van der Waals surface area contributed by atoms with Crippen molar-refractivity contribution in [2.45, 2.75) is 19.9 Å². The van der Waals surface area contributed by atoms with Gasteiger partial charge in [0.15, 0.2) is 0 Å². The first-order chi connectivity index (χ1) is 9.24. The highest BCUT2D eigenvalue weighted by Gasteiger charge is 2.06. The molecule has 0 radical (unpaired) electrons. The summed E-state index contributed by atoms with van der Waals surface area (Å²) in [5.41, 5.74) is 2.90. The largest absolute Gasteiger partial charge is 0.312 e. The normalized spacial score (nSPS) is 10.6. The smallest absolute Gasteiger partial charge is 0.255 e. The van der Waals surface area contributed by atoms with E-state index in [1.807, 2.05) is 49.5 Å². The Kier molecular flexibility index (Phi) is 4.53. The van der Waals surface area contributed by atoms with E-state index in [2.05, 4.69) is 12.2 Å². The molecule has 3 heteroatoms. The van der Waals surface area contributed by atoms with Crippen molar-refractivity contribution in [2.75, 3.05) is 6.54 Å². The van der Waals surface area contributed by atoms with Crippen molar-refractivity contribution in [2.24, 2.45) is 7.05 Å². The molecule has 1 aromatic heterocycles. The highest BCUT2D eigenvalue weighted by atomic mass is 16.1. The van der Waals surface area contributed by atoms with Crippen LogP contribution in [0.15, 0.2) is 47.3 Å². The van der Waals surface area contributed by atoms with Crippen molar-refractivity contribution in [3.8, 4) is 11.3 Å². The molecule has 2 rings (SSSR count). The third kappa shape index (κ3) is 3.12. The SMILES string of the molecule is CCCNCc1ccc(-c2ccccc2)n(C)c1=O. The predicted octanol–water partition coefficient (Wildman–Crippen LogP) is 2.55. The molecule has 0 saturated heterocycles. The van der Waals surface area contributed by atoms with Gasteiger partial charge in [0.2, 0.25) is 0 Å². The minimum Gasteiger partial charge on any atom is -0.312 e. The number of aromatic nitrogens is 1. The van der Waals surface area contributed by atoms with Crippen molar-refractivity contribution in [3.63, 3.8) is 0 Å². The molecule has 1 N–H and O–H groups in total. The van der Waals surface area contributed by atoms with Gasteiger partial charge >= 0.3 is 0 Å². The monoisotopic (exact) mass is 256 g/mol. The van der Waals surface area contributed by atoms with Crippen molar-refractivity contribution in [1.82, 2.24) is 9.88 Å². The second-order valence-electron chi connectivity index (χ2n) is 4.65. The molecular weight excluding hydrogens is 236 g/mol. The van der Waals surface area contributed by atoms with Crippen LogP contribution in [0.5, 0.6) is 0 Å². The van der Waals surface area contributed by atoms with Crippen LogP contribution >= 0.6 is 0 Å². The molecule has 100 valence electrons. The van der Waals surface area contributed by atoms with Crippen LogP contribution in [0.3, 0.4) is 0 Å². The number of benzene rings is 1. The fourth-order valence-corrected chi connectivity index (χ4v) is 2.12. The number of nitrogens with one attached hydrogen (secondary N) is 1. The van der Waals surface area contributed by atoms with E-state index in [1.54, 1.807) is 4.57 Å². The quantitative estimate of drug-likeness (QED) is 0.834. The number of rotatable bonds is 5. The first-order valence-electron chi connectivity index (χ1n) is 6.69. The highest BCUT2D eigenvalue weighted by molar-refractivity contribution is 5.59. The molecule has 0 amide bonds. The first-order valence-corrected chi connectivity index (χ1v) is 6.69. The van der Waals surface area contributed by atoms with Gasteiger partial charge in [-0.25, -0.2) is 0 Å². The molecule has 0 atom stereocenters. The topological polar surface area (TPSA) is 34.0 Å². The van der Waals surface area contributed by atoms with E-state index in [0.717, 1.165) is 29.8 Å². The van der Waals surface area contributed by atoms with Gasteiger partial charge in [0, 0.05) is 19.2 Å². The lowest BCUT2D eigenvalue weighted by Crippen LogP contribution is -2.26. The summed E-state index contributed by atoms with van der Waals surface area (Å²) in [6.45, 7) is 3.68. The third-order valence-corrected chi connectivity index (χ3v) is 3.19. The van der Waals surface area contributed by atoms with Crippen molar-refractivity contribution >= 4 is 0 Å². The van der Waals surface area contributed by atoms with Gasteiger partial charge in [-0.15, -0.1) is 0 Å². The van der Waals surface area contributed by atoms with Crippen LogP contribution in [0.2, 0.25) is 0 Å². The summed E-state index contributed by atoms with van der Waals surface area (Å²) in [4.78, 5) is 12.3. The second-order valence-corrected chi connectivity index (χ2v) is 4.65. The lowest BCUT2D eigenvalue weighted by Gasteiger charge is -2.11. The predicted molar refractivity (Wildman–Crippen MR) is 79.1 cm³/mol. The Balaban J connectivity index is 2.30. The van der Waals surface area contributed by atoms with Crippen LogP contribution in [0.4, 0.5) is 0 Å². The van der Waals surface area contributed by atoms with Crippen LogP contribution in [-0.2, 0) is 13.6 Å². The Morgan fingerprint density at radius 1 is 1.11 bits per heavy atom. The fraction of sp³-hybridized carbons (Fsp3) is 0.312. The van der Waals surface area contributed by atoms with E-state index in [0.29, 0.717) is 6.54 Å². The summed E-state index contributed by atoms with van der Waals surface area (Å²) in [5, 5.41) is 3.27. The minimum atomic E-state index is 0.0740. The molecular formula is C16H20N2O. The Morgan fingerprint density at radius 3 is 2.53 bits per heavy atom. The molecule has 19 heavy (non-hydrogen) atoms. The highest BCUT2D eigenvalue weighted by Crippen LogP contribution is 2.16. The lowest BCUT2D eigenvalue weighted by atomic mass is 10.1. The zero-order chi connectivity index (χ0) is 13.7. The Bertz CT molecular complexity index is 587. The molecule has 0 spiro atoms. The first kappa shape index (κ1) is 13.6. The van der Waals surface area contributed by atoms with Crippen LogP contribution < -0.4 is 10.9 Å². The maximum Gasteiger partial charge on any atom is 0.255 e. The van der Waals surface area contributed by atoms with Gasteiger partial charge in [-0.3, -0.25) is 4.79 Å². The van der Waals surface area contributed by atoms with Crippen LogP contribution in [-0.4, -0.2) is 11.1 Å². The minimum absolute atomic E-state index is 0.0740. The van der Waals surface area contributed by atoms with Gasteiger partial charge < -0.3 is 9.88 Å². The summed E-state index contributed by atoms with van der Waals surface area (Å²) in [6.07, 6.45) is 1.07. The Labute approximate surface area is 113 Å². The van der Waals surface area contributed by atoms with Gasteiger partial charge in [-0.2, -0.15) is 0 Å². The molecule has 0 fully saturated rings. The second kappa shape index (κ2) is 6.34. The van der Waals surface area contributed by atoms with Gasteiger partial charge in [-0.05, 0) is 24.6 Å². The average molecular weight is 256 g/mol. The van der Waals surface area contributed by atoms with Gasteiger partial charge in [0.1, 0.15) is 0 Å². The molecule has 0 bridgehead atoms.